The molecule has 0 saturated carbocycles. The number of aryl methyl sites for hydroxylation is 1. The Labute approximate surface area is 211 Å². The number of benzene rings is 3. The summed E-state index contributed by atoms with van der Waals surface area (Å²) in [7, 11) is 1.74. The first kappa shape index (κ1) is 26.6. The summed E-state index contributed by atoms with van der Waals surface area (Å²) >= 11 is 0. The third-order valence-corrected chi connectivity index (χ3v) is 6.59. The molecule has 35 heavy (non-hydrogen) atoms. The molecule has 3 rings (SSSR count). The van der Waals surface area contributed by atoms with E-state index in [0.717, 1.165) is 51.6 Å². The van der Waals surface area contributed by atoms with Crippen LogP contribution < -0.4 is 19.5 Å². The van der Waals surface area contributed by atoms with Gasteiger partial charge in [0.2, 0.25) is 0 Å². The van der Waals surface area contributed by atoms with Crippen molar-refractivity contribution in [2.45, 2.75) is 73.6 Å². The Hall–Kier alpha value is -2.98. The Kier molecular flexibility index (Phi) is 9.22. The van der Waals surface area contributed by atoms with Gasteiger partial charge in [-0.05, 0) is 80.0 Å². The standard InChI is InChI=1S/C31H41NO3/c1-20(2)27-15-14-21(3)16-29(27)35-22(4)17-32-18-28-25(7)30(23(5)24(6)31(28)33-8)34-19-26-12-10-9-11-13-26/h9-16,20,22,32H,17-19H2,1-8H3. The Bertz CT molecular complexity index is 1120. The summed E-state index contributed by atoms with van der Waals surface area (Å²) in [4.78, 5) is 0. The fourth-order valence-electron chi connectivity index (χ4n) is 4.47. The van der Waals surface area contributed by atoms with Crippen molar-refractivity contribution in [2.24, 2.45) is 0 Å². The number of rotatable bonds is 11. The van der Waals surface area contributed by atoms with E-state index in [1.807, 2.05) is 18.2 Å². The highest BCUT2D eigenvalue weighted by Crippen LogP contribution is 2.38. The minimum absolute atomic E-state index is 0.0287. The van der Waals surface area contributed by atoms with E-state index in [4.69, 9.17) is 14.2 Å². The second-order valence-electron chi connectivity index (χ2n) is 9.75. The van der Waals surface area contributed by atoms with Crippen LogP contribution in [0.3, 0.4) is 0 Å². The predicted octanol–water partition coefficient (Wildman–Crippen LogP) is 7.19. The lowest BCUT2D eigenvalue weighted by atomic mass is 9.97. The Morgan fingerprint density at radius 2 is 1.51 bits per heavy atom. The van der Waals surface area contributed by atoms with E-state index in [0.29, 0.717) is 19.1 Å². The lowest BCUT2D eigenvalue weighted by Crippen LogP contribution is -2.29. The first-order valence-corrected chi connectivity index (χ1v) is 12.5. The highest BCUT2D eigenvalue weighted by atomic mass is 16.5. The van der Waals surface area contributed by atoms with Crippen LogP contribution in [0.4, 0.5) is 0 Å². The highest BCUT2D eigenvalue weighted by molar-refractivity contribution is 5.58. The number of hydrogen-bond acceptors (Lipinski definition) is 4. The van der Waals surface area contributed by atoms with E-state index in [9.17, 15) is 0 Å². The van der Waals surface area contributed by atoms with Gasteiger partial charge in [0.15, 0.2) is 0 Å². The van der Waals surface area contributed by atoms with Crippen molar-refractivity contribution in [3.8, 4) is 17.2 Å². The fourth-order valence-corrected chi connectivity index (χ4v) is 4.47. The Balaban J connectivity index is 1.72. The van der Waals surface area contributed by atoms with Crippen molar-refractivity contribution in [2.75, 3.05) is 13.7 Å². The van der Waals surface area contributed by atoms with Gasteiger partial charge in [0.05, 0.1) is 7.11 Å². The molecular weight excluding hydrogens is 434 g/mol. The van der Waals surface area contributed by atoms with Crippen molar-refractivity contribution in [3.05, 3.63) is 87.5 Å². The molecule has 0 radical (unpaired) electrons. The third-order valence-electron chi connectivity index (χ3n) is 6.59. The minimum atomic E-state index is 0.0287. The normalized spacial score (nSPS) is 12.0. The van der Waals surface area contributed by atoms with Gasteiger partial charge >= 0.3 is 0 Å². The van der Waals surface area contributed by atoms with E-state index in [2.05, 4.69) is 84.1 Å². The van der Waals surface area contributed by atoms with Crippen molar-refractivity contribution < 1.29 is 14.2 Å². The topological polar surface area (TPSA) is 39.7 Å². The molecule has 0 fully saturated rings. The maximum absolute atomic E-state index is 6.35. The molecule has 0 aliphatic rings. The molecule has 0 spiro atoms. The SMILES string of the molecule is COc1c(C)c(C)c(OCc2ccccc2)c(C)c1CNCC(C)Oc1cc(C)ccc1C(C)C. The molecule has 188 valence electrons. The molecule has 4 nitrogen and oxygen atoms in total. The van der Waals surface area contributed by atoms with Crippen LogP contribution in [0.2, 0.25) is 0 Å². The quantitative estimate of drug-likeness (QED) is 0.319. The second kappa shape index (κ2) is 12.1. The van der Waals surface area contributed by atoms with Crippen molar-refractivity contribution in [1.82, 2.24) is 5.32 Å². The zero-order chi connectivity index (χ0) is 25.5. The number of nitrogens with one attached hydrogen (secondary N) is 1. The Morgan fingerprint density at radius 3 is 2.17 bits per heavy atom. The molecule has 0 saturated heterocycles. The monoisotopic (exact) mass is 475 g/mol. The third kappa shape index (κ3) is 6.58. The highest BCUT2D eigenvalue weighted by Gasteiger charge is 2.20. The van der Waals surface area contributed by atoms with Gasteiger partial charge in [-0.3, -0.25) is 0 Å². The van der Waals surface area contributed by atoms with Crippen LogP contribution in [0.15, 0.2) is 48.5 Å². The summed E-state index contributed by atoms with van der Waals surface area (Å²) in [5.74, 6) is 3.26. The smallest absolute Gasteiger partial charge is 0.127 e. The largest absolute Gasteiger partial charge is 0.496 e. The zero-order valence-corrected chi connectivity index (χ0v) is 22.6. The summed E-state index contributed by atoms with van der Waals surface area (Å²) in [6, 6.07) is 16.7. The molecule has 3 aromatic rings. The molecule has 0 bridgehead atoms. The summed E-state index contributed by atoms with van der Waals surface area (Å²) in [6.07, 6.45) is 0.0287. The van der Waals surface area contributed by atoms with Crippen LogP contribution in [-0.2, 0) is 13.2 Å². The lowest BCUT2D eigenvalue weighted by Gasteiger charge is -2.23. The van der Waals surface area contributed by atoms with Gasteiger partial charge in [0.1, 0.15) is 30.0 Å². The fraction of sp³-hybridized carbons (Fsp3) is 0.419. The van der Waals surface area contributed by atoms with Crippen LogP contribution in [-0.4, -0.2) is 19.8 Å². The molecule has 1 N–H and O–H groups in total. The van der Waals surface area contributed by atoms with Gasteiger partial charge < -0.3 is 19.5 Å². The van der Waals surface area contributed by atoms with Crippen molar-refractivity contribution >= 4 is 0 Å². The zero-order valence-electron chi connectivity index (χ0n) is 22.6. The second-order valence-corrected chi connectivity index (χ2v) is 9.75. The molecule has 0 aliphatic carbocycles. The van der Waals surface area contributed by atoms with Crippen molar-refractivity contribution in [1.29, 1.82) is 0 Å². The van der Waals surface area contributed by atoms with E-state index >= 15 is 0 Å². The first-order valence-electron chi connectivity index (χ1n) is 12.5. The predicted molar refractivity (Wildman–Crippen MR) is 145 cm³/mol. The molecule has 3 aromatic carbocycles. The van der Waals surface area contributed by atoms with E-state index < -0.39 is 0 Å². The molecule has 0 aromatic heterocycles. The summed E-state index contributed by atoms with van der Waals surface area (Å²) in [5, 5.41) is 3.59. The van der Waals surface area contributed by atoms with Gasteiger partial charge in [0, 0.05) is 18.7 Å². The molecule has 4 heteroatoms. The number of methoxy groups -OCH3 is 1. The molecule has 0 aliphatic heterocycles. The average molecular weight is 476 g/mol. The van der Waals surface area contributed by atoms with E-state index in [1.54, 1.807) is 7.11 Å². The molecule has 1 atom stereocenters. The number of ether oxygens (including phenoxy) is 3. The Morgan fingerprint density at radius 1 is 0.829 bits per heavy atom. The van der Waals surface area contributed by atoms with Gasteiger partial charge in [-0.1, -0.05) is 56.3 Å². The van der Waals surface area contributed by atoms with Crippen LogP contribution in [0, 0.1) is 27.7 Å². The average Bonchev–Trinajstić information content (AvgIpc) is 2.83. The van der Waals surface area contributed by atoms with Gasteiger partial charge in [0.25, 0.3) is 0 Å². The first-order chi connectivity index (χ1) is 16.7. The maximum Gasteiger partial charge on any atom is 0.127 e. The van der Waals surface area contributed by atoms with Gasteiger partial charge in [-0.25, -0.2) is 0 Å². The van der Waals surface area contributed by atoms with E-state index in [-0.39, 0.29) is 6.10 Å². The lowest BCUT2D eigenvalue weighted by molar-refractivity contribution is 0.213. The number of hydrogen-bond donors (Lipinski definition) is 1. The molecule has 0 amide bonds. The minimum Gasteiger partial charge on any atom is -0.496 e. The summed E-state index contributed by atoms with van der Waals surface area (Å²) in [5.41, 5.74) is 8.09. The van der Waals surface area contributed by atoms with Crippen LogP contribution in [0.25, 0.3) is 0 Å². The van der Waals surface area contributed by atoms with Crippen LogP contribution in [0.5, 0.6) is 17.2 Å². The van der Waals surface area contributed by atoms with Gasteiger partial charge in [-0.2, -0.15) is 0 Å². The molecular formula is C31H41NO3. The van der Waals surface area contributed by atoms with E-state index in [1.165, 1.54) is 11.1 Å². The maximum atomic E-state index is 6.35. The van der Waals surface area contributed by atoms with Crippen molar-refractivity contribution in [3.63, 3.8) is 0 Å². The molecule has 0 heterocycles. The molecule has 1 unspecified atom stereocenters. The van der Waals surface area contributed by atoms with Gasteiger partial charge in [-0.15, -0.1) is 0 Å². The van der Waals surface area contributed by atoms with Crippen LogP contribution >= 0.6 is 0 Å². The summed E-state index contributed by atoms with van der Waals surface area (Å²) < 4.78 is 18.5. The summed E-state index contributed by atoms with van der Waals surface area (Å²) in [6.45, 7) is 16.9. The van der Waals surface area contributed by atoms with Crippen LogP contribution in [0.1, 0.15) is 65.6 Å².